The summed E-state index contributed by atoms with van der Waals surface area (Å²) < 4.78 is 5.65. The number of halogens is 1. The first-order valence-corrected chi connectivity index (χ1v) is 6.18. The van der Waals surface area contributed by atoms with Crippen molar-refractivity contribution in [3.8, 4) is 5.75 Å². The molecule has 84 valence electrons. The standard InChI is InChI=1S/C12H17ClOS/c1-3-10(8-15)7-14-12-5-4-9(2)6-11(12)13/h4-6,10,15H,3,7-8H2,1-2H3. The van der Waals surface area contributed by atoms with Gasteiger partial charge in [0, 0.05) is 5.92 Å². The van der Waals surface area contributed by atoms with Crippen molar-refractivity contribution in [1.29, 1.82) is 0 Å². The van der Waals surface area contributed by atoms with Gasteiger partial charge < -0.3 is 4.74 Å². The van der Waals surface area contributed by atoms with Crippen LogP contribution in [0, 0.1) is 12.8 Å². The fourth-order valence-electron chi connectivity index (χ4n) is 1.23. The Morgan fingerprint density at radius 1 is 1.47 bits per heavy atom. The van der Waals surface area contributed by atoms with Crippen molar-refractivity contribution in [2.24, 2.45) is 5.92 Å². The molecule has 0 amide bonds. The molecule has 15 heavy (non-hydrogen) atoms. The molecule has 1 atom stereocenters. The number of hydrogen-bond acceptors (Lipinski definition) is 2. The summed E-state index contributed by atoms with van der Waals surface area (Å²) in [7, 11) is 0. The Morgan fingerprint density at radius 3 is 2.73 bits per heavy atom. The molecule has 0 spiro atoms. The van der Waals surface area contributed by atoms with Crippen LogP contribution in [0.15, 0.2) is 18.2 Å². The summed E-state index contributed by atoms with van der Waals surface area (Å²) in [5.74, 6) is 2.10. The van der Waals surface area contributed by atoms with E-state index < -0.39 is 0 Å². The highest BCUT2D eigenvalue weighted by Crippen LogP contribution is 2.25. The van der Waals surface area contributed by atoms with E-state index >= 15 is 0 Å². The maximum absolute atomic E-state index is 6.06. The van der Waals surface area contributed by atoms with Crippen LogP contribution in [-0.4, -0.2) is 12.4 Å². The number of ether oxygens (including phenoxy) is 1. The van der Waals surface area contributed by atoms with Gasteiger partial charge in [0.05, 0.1) is 11.6 Å². The van der Waals surface area contributed by atoms with E-state index in [-0.39, 0.29) is 0 Å². The van der Waals surface area contributed by atoms with E-state index in [0.717, 1.165) is 23.5 Å². The predicted octanol–water partition coefficient (Wildman–Crippen LogP) is 3.98. The van der Waals surface area contributed by atoms with Crippen LogP contribution < -0.4 is 4.74 Å². The minimum atomic E-state index is 0.491. The normalized spacial score (nSPS) is 12.5. The van der Waals surface area contributed by atoms with Crippen LogP contribution in [-0.2, 0) is 0 Å². The lowest BCUT2D eigenvalue weighted by molar-refractivity contribution is 0.259. The van der Waals surface area contributed by atoms with Gasteiger partial charge in [-0.3, -0.25) is 0 Å². The number of rotatable bonds is 5. The van der Waals surface area contributed by atoms with Crippen molar-refractivity contribution in [3.63, 3.8) is 0 Å². The highest BCUT2D eigenvalue weighted by atomic mass is 35.5. The molecule has 0 N–H and O–H groups in total. The second kappa shape index (κ2) is 6.29. The molecule has 1 nitrogen and oxygen atoms in total. The third-order valence-electron chi connectivity index (χ3n) is 2.40. The maximum atomic E-state index is 6.06. The van der Waals surface area contributed by atoms with Crippen molar-refractivity contribution >= 4 is 24.2 Å². The zero-order valence-corrected chi connectivity index (χ0v) is 10.8. The molecule has 1 rings (SSSR count). The quantitative estimate of drug-likeness (QED) is 0.771. The van der Waals surface area contributed by atoms with E-state index in [1.165, 1.54) is 0 Å². The van der Waals surface area contributed by atoms with Crippen molar-refractivity contribution in [2.75, 3.05) is 12.4 Å². The average molecular weight is 245 g/mol. The zero-order valence-electron chi connectivity index (χ0n) is 9.16. The molecule has 3 heteroatoms. The molecule has 0 saturated carbocycles. The number of thiol groups is 1. The highest BCUT2D eigenvalue weighted by molar-refractivity contribution is 7.80. The van der Waals surface area contributed by atoms with Crippen molar-refractivity contribution in [1.82, 2.24) is 0 Å². The van der Waals surface area contributed by atoms with Crippen LogP contribution in [0.25, 0.3) is 0 Å². The predicted molar refractivity (Wildman–Crippen MR) is 69.3 cm³/mol. The van der Waals surface area contributed by atoms with Gasteiger partial charge >= 0.3 is 0 Å². The molecule has 0 aliphatic heterocycles. The molecule has 0 fully saturated rings. The Bertz CT molecular complexity index is 310. The van der Waals surface area contributed by atoms with E-state index in [9.17, 15) is 0 Å². The van der Waals surface area contributed by atoms with Crippen LogP contribution >= 0.6 is 24.2 Å². The zero-order chi connectivity index (χ0) is 11.3. The van der Waals surface area contributed by atoms with Gasteiger partial charge in [-0.25, -0.2) is 0 Å². The first kappa shape index (κ1) is 12.7. The lowest BCUT2D eigenvalue weighted by Crippen LogP contribution is -2.12. The molecule has 1 unspecified atom stereocenters. The minimum Gasteiger partial charge on any atom is -0.492 e. The third kappa shape index (κ3) is 3.96. The Labute approximate surface area is 102 Å². The summed E-state index contributed by atoms with van der Waals surface area (Å²) >= 11 is 10.3. The summed E-state index contributed by atoms with van der Waals surface area (Å²) in [5.41, 5.74) is 1.15. The molecule has 1 aromatic rings. The van der Waals surface area contributed by atoms with Gasteiger partial charge in [0.15, 0.2) is 0 Å². The molecule has 0 aliphatic rings. The summed E-state index contributed by atoms with van der Waals surface area (Å²) in [6, 6.07) is 5.84. The highest BCUT2D eigenvalue weighted by Gasteiger charge is 2.07. The van der Waals surface area contributed by atoms with E-state index in [2.05, 4.69) is 19.6 Å². The largest absolute Gasteiger partial charge is 0.492 e. The van der Waals surface area contributed by atoms with Crippen LogP contribution in [0.4, 0.5) is 0 Å². The monoisotopic (exact) mass is 244 g/mol. The van der Waals surface area contributed by atoms with Gasteiger partial charge in [-0.1, -0.05) is 24.6 Å². The van der Waals surface area contributed by atoms with Gasteiger partial charge in [0.1, 0.15) is 5.75 Å². The summed E-state index contributed by atoms with van der Waals surface area (Å²) in [6.07, 6.45) is 1.08. The molecular weight excluding hydrogens is 228 g/mol. The molecule has 0 heterocycles. The number of benzene rings is 1. The van der Waals surface area contributed by atoms with Crippen LogP contribution in [0.3, 0.4) is 0 Å². The fourth-order valence-corrected chi connectivity index (χ4v) is 1.88. The second-order valence-electron chi connectivity index (χ2n) is 3.70. The van der Waals surface area contributed by atoms with Crippen molar-refractivity contribution in [3.05, 3.63) is 28.8 Å². The first-order valence-electron chi connectivity index (χ1n) is 5.17. The van der Waals surface area contributed by atoms with E-state index in [0.29, 0.717) is 17.5 Å². The molecule has 0 aromatic heterocycles. The Kier molecular flexibility index (Phi) is 5.34. The molecule has 1 aromatic carbocycles. The number of aryl methyl sites for hydroxylation is 1. The molecule has 0 bridgehead atoms. The minimum absolute atomic E-state index is 0.491. The third-order valence-corrected chi connectivity index (χ3v) is 3.21. The topological polar surface area (TPSA) is 9.23 Å². The van der Waals surface area contributed by atoms with E-state index in [1.54, 1.807) is 0 Å². The molecular formula is C12H17ClOS. The molecule has 0 saturated heterocycles. The molecule has 0 aliphatic carbocycles. The van der Waals surface area contributed by atoms with Crippen LogP contribution in [0.1, 0.15) is 18.9 Å². The van der Waals surface area contributed by atoms with Crippen molar-refractivity contribution in [2.45, 2.75) is 20.3 Å². The fraction of sp³-hybridized carbons (Fsp3) is 0.500. The van der Waals surface area contributed by atoms with Gasteiger partial charge in [0.2, 0.25) is 0 Å². The maximum Gasteiger partial charge on any atom is 0.137 e. The van der Waals surface area contributed by atoms with Gasteiger partial charge in [0.25, 0.3) is 0 Å². The van der Waals surface area contributed by atoms with E-state index in [1.807, 2.05) is 25.1 Å². The lowest BCUT2D eigenvalue weighted by Gasteiger charge is -2.14. The van der Waals surface area contributed by atoms with Gasteiger partial charge in [-0.05, 0) is 36.8 Å². The van der Waals surface area contributed by atoms with E-state index in [4.69, 9.17) is 16.3 Å². The summed E-state index contributed by atoms with van der Waals surface area (Å²) in [4.78, 5) is 0. The molecule has 0 radical (unpaired) electrons. The Balaban J connectivity index is 2.57. The number of hydrogen-bond donors (Lipinski definition) is 1. The van der Waals surface area contributed by atoms with Gasteiger partial charge in [-0.15, -0.1) is 0 Å². The smallest absolute Gasteiger partial charge is 0.137 e. The Hall–Kier alpha value is -0.340. The van der Waals surface area contributed by atoms with Crippen molar-refractivity contribution < 1.29 is 4.74 Å². The SMILES string of the molecule is CCC(CS)COc1ccc(C)cc1Cl. The first-order chi connectivity index (χ1) is 7.17. The summed E-state index contributed by atoms with van der Waals surface area (Å²) in [6.45, 7) is 4.84. The average Bonchev–Trinajstić information content (AvgIpc) is 2.22. The second-order valence-corrected chi connectivity index (χ2v) is 4.47. The summed E-state index contributed by atoms with van der Waals surface area (Å²) in [5, 5.41) is 0.684. The Morgan fingerprint density at radius 2 is 2.20 bits per heavy atom. The van der Waals surface area contributed by atoms with Crippen LogP contribution in [0.2, 0.25) is 5.02 Å². The lowest BCUT2D eigenvalue weighted by atomic mass is 10.1. The van der Waals surface area contributed by atoms with Crippen LogP contribution in [0.5, 0.6) is 5.75 Å². The van der Waals surface area contributed by atoms with Gasteiger partial charge in [-0.2, -0.15) is 12.6 Å².